The molecule has 0 aliphatic rings. The van der Waals surface area contributed by atoms with E-state index in [-0.39, 0.29) is 23.5 Å². The zero-order chi connectivity index (χ0) is 25.4. The van der Waals surface area contributed by atoms with Crippen LogP contribution < -0.4 is 19.7 Å². The summed E-state index contributed by atoms with van der Waals surface area (Å²) in [4.78, 5) is 30.2. The number of methoxy groups -OCH3 is 1. The molecule has 7 nitrogen and oxygen atoms in total. The Kier molecular flexibility index (Phi) is 8.97. The van der Waals surface area contributed by atoms with E-state index < -0.39 is 5.82 Å². The third-order valence-corrected chi connectivity index (χ3v) is 5.87. The van der Waals surface area contributed by atoms with Gasteiger partial charge in [-0.15, -0.1) is 11.3 Å². The van der Waals surface area contributed by atoms with Crippen LogP contribution in [0.1, 0.15) is 44.5 Å². The van der Waals surface area contributed by atoms with E-state index in [1.807, 2.05) is 32.0 Å². The smallest absolute Gasteiger partial charge is 0.244 e. The molecule has 0 bridgehead atoms. The summed E-state index contributed by atoms with van der Waals surface area (Å²) in [6, 6.07) is 11.3. The third-order valence-electron chi connectivity index (χ3n) is 5.02. The van der Waals surface area contributed by atoms with Gasteiger partial charge in [-0.25, -0.2) is 9.37 Å². The van der Waals surface area contributed by atoms with Gasteiger partial charge in [-0.1, -0.05) is 25.1 Å². The van der Waals surface area contributed by atoms with Crippen molar-refractivity contribution in [3.8, 4) is 11.5 Å². The number of amides is 2. The molecule has 0 aliphatic heterocycles. The Morgan fingerprint density at radius 3 is 2.69 bits per heavy atom. The van der Waals surface area contributed by atoms with Gasteiger partial charge in [0.2, 0.25) is 11.8 Å². The van der Waals surface area contributed by atoms with Gasteiger partial charge in [0.25, 0.3) is 0 Å². The van der Waals surface area contributed by atoms with Crippen molar-refractivity contribution in [3.63, 3.8) is 0 Å². The lowest BCUT2D eigenvalue weighted by molar-refractivity contribution is -0.117. The molecule has 9 heteroatoms. The summed E-state index contributed by atoms with van der Waals surface area (Å²) in [6.07, 6.45) is 3.80. The predicted octanol–water partition coefficient (Wildman–Crippen LogP) is 5.65. The molecular weight excluding hydrogens is 469 g/mol. The van der Waals surface area contributed by atoms with Crippen molar-refractivity contribution < 1.29 is 23.5 Å². The lowest BCUT2D eigenvalue weighted by Gasteiger charge is -2.18. The summed E-state index contributed by atoms with van der Waals surface area (Å²) in [7, 11) is 1.57. The Hall–Kier alpha value is -3.72. The first kappa shape index (κ1) is 25.9. The van der Waals surface area contributed by atoms with Crippen LogP contribution in [0.5, 0.6) is 11.5 Å². The van der Waals surface area contributed by atoms with Gasteiger partial charge in [0.05, 0.1) is 31.1 Å². The largest absolute Gasteiger partial charge is 0.493 e. The van der Waals surface area contributed by atoms with Crippen molar-refractivity contribution in [1.82, 2.24) is 10.3 Å². The van der Waals surface area contributed by atoms with E-state index in [1.54, 1.807) is 30.7 Å². The highest BCUT2D eigenvalue weighted by Gasteiger charge is 2.20. The lowest BCUT2D eigenvalue weighted by Crippen LogP contribution is -2.24. The highest BCUT2D eigenvalue weighted by molar-refractivity contribution is 7.14. The molecule has 2 amide bonds. The van der Waals surface area contributed by atoms with Crippen molar-refractivity contribution >= 4 is 40.0 Å². The number of nitrogens with zero attached hydrogens (tertiary/aromatic N) is 2. The van der Waals surface area contributed by atoms with E-state index in [1.165, 1.54) is 41.4 Å². The summed E-state index contributed by atoms with van der Waals surface area (Å²) in [5, 5.41) is 4.91. The summed E-state index contributed by atoms with van der Waals surface area (Å²) in [5.74, 6) is 0.0613. The molecule has 0 aliphatic carbocycles. The number of halogens is 1. The number of benzene rings is 2. The van der Waals surface area contributed by atoms with Gasteiger partial charge in [0.1, 0.15) is 5.82 Å². The fourth-order valence-electron chi connectivity index (χ4n) is 3.29. The quantitative estimate of drug-likeness (QED) is 0.366. The van der Waals surface area contributed by atoms with Crippen LogP contribution >= 0.6 is 11.3 Å². The average Bonchev–Trinajstić information content (AvgIpc) is 3.30. The molecule has 0 saturated heterocycles. The third kappa shape index (κ3) is 6.66. The topological polar surface area (TPSA) is 80.8 Å². The Balaban J connectivity index is 1.67. The maximum atomic E-state index is 14.2. The number of nitrogens with one attached hydrogen (secondary N) is 1. The van der Waals surface area contributed by atoms with Gasteiger partial charge in [0, 0.05) is 18.4 Å². The molecule has 1 aromatic heterocycles. The zero-order valence-corrected chi connectivity index (χ0v) is 20.9. The van der Waals surface area contributed by atoms with Gasteiger partial charge in [-0.05, 0) is 49.2 Å². The molecule has 0 saturated carbocycles. The van der Waals surface area contributed by atoms with Gasteiger partial charge < -0.3 is 14.8 Å². The number of ether oxygens (including phenoxy) is 2. The van der Waals surface area contributed by atoms with Gasteiger partial charge in [-0.2, -0.15) is 0 Å². The number of aromatic nitrogens is 1. The maximum absolute atomic E-state index is 14.2. The highest BCUT2D eigenvalue weighted by Crippen LogP contribution is 2.32. The Labute approximate surface area is 208 Å². The van der Waals surface area contributed by atoms with Crippen LogP contribution in [-0.4, -0.2) is 30.5 Å². The van der Waals surface area contributed by atoms with E-state index in [9.17, 15) is 14.0 Å². The minimum Gasteiger partial charge on any atom is -0.493 e. The second-order valence-corrected chi connectivity index (χ2v) is 8.52. The number of hydrogen-bond donors (Lipinski definition) is 1. The van der Waals surface area contributed by atoms with E-state index >= 15 is 0 Å². The van der Waals surface area contributed by atoms with Crippen molar-refractivity contribution in [2.45, 2.75) is 33.2 Å². The highest BCUT2D eigenvalue weighted by atomic mass is 32.1. The van der Waals surface area contributed by atoms with E-state index in [4.69, 9.17) is 9.47 Å². The number of carbonyl (C=O) groups excluding carboxylic acids is 2. The van der Waals surface area contributed by atoms with E-state index in [0.717, 1.165) is 12.0 Å². The van der Waals surface area contributed by atoms with Crippen LogP contribution in [-0.2, 0) is 9.59 Å². The lowest BCUT2D eigenvalue weighted by atomic mass is 10.1. The molecular formula is C26H28FN3O4S. The molecule has 0 spiro atoms. The number of hydrogen-bond acceptors (Lipinski definition) is 6. The standard InChI is InChI=1S/C26H28FN3O4S/c1-5-14-34-23-12-10-19(15-24(23)33-4)17(2)28-25(32)13-11-20-16-35-26(29-20)30(18(3)31)22-9-7-6-8-21(22)27/h6-13,15-17H,5,14H2,1-4H3,(H,28,32)/b13-11+. The predicted molar refractivity (Wildman–Crippen MR) is 136 cm³/mol. The molecule has 0 fully saturated rings. The summed E-state index contributed by atoms with van der Waals surface area (Å²) in [6.45, 7) is 5.83. The van der Waals surface area contributed by atoms with E-state index in [0.29, 0.717) is 28.9 Å². The Morgan fingerprint density at radius 1 is 1.23 bits per heavy atom. The maximum Gasteiger partial charge on any atom is 0.244 e. The number of carbonyl (C=O) groups is 2. The molecule has 1 heterocycles. The SMILES string of the molecule is CCCOc1ccc(C(C)NC(=O)/C=C/c2csc(N(C(C)=O)c3ccccc3F)n2)cc1OC. The summed E-state index contributed by atoms with van der Waals surface area (Å²) >= 11 is 1.18. The van der Waals surface area contributed by atoms with Gasteiger partial charge in [0.15, 0.2) is 16.6 Å². The minimum atomic E-state index is -0.523. The second-order valence-electron chi connectivity index (χ2n) is 7.68. The fourth-order valence-corrected chi connectivity index (χ4v) is 4.13. The second kappa shape index (κ2) is 12.1. The first-order valence-corrected chi connectivity index (χ1v) is 12.0. The van der Waals surface area contributed by atoms with Crippen LogP contribution in [0.2, 0.25) is 0 Å². The van der Waals surface area contributed by atoms with E-state index in [2.05, 4.69) is 10.3 Å². The average molecular weight is 498 g/mol. The number of para-hydroxylation sites is 1. The van der Waals surface area contributed by atoms with Crippen LogP contribution in [0.25, 0.3) is 6.08 Å². The van der Waals surface area contributed by atoms with Crippen LogP contribution in [0.15, 0.2) is 53.9 Å². The molecule has 35 heavy (non-hydrogen) atoms. The Bertz CT molecular complexity index is 1210. The number of thiazole rings is 1. The molecule has 184 valence electrons. The van der Waals surface area contributed by atoms with Crippen molar-refractivity contribution in [1.29, 1.82) is 0 Å². The zero-order valence-electron chi connectivity index (χ0n) is 20.1. The fraction of sp³-hybridized carbons (Fsp3) is 0.269. The van der Waals surface area contributed by atoms with Crippen molar-refractivity contribution in [3.05, 3.63) is 71.0 Å². The monoisotopic (exact) mass is 497 g/mol. The molecule has 0 radical (unpaired) electrons. The first-order chi connectivity index (χ1) is 16.8. The molecule has 1 unspecified atom stereocenters. The molecule has 1 atom stereocenters. The minimum absolute atomic E-state index is 0.123. The normalized spacial score (nSPS) is 11.8. The van der Waals surface area contributed by atoms with Crippen LogP contribution in [0, 0.1) is 5.82 Å². The Morgan fingerprint density at radius 2 is 2.00 bits per heavy atom. The first-order valence-electron chi connectivity index (χ1n) is 11.1. The molecule has 3 rings (SSSR count). The molecule has 1 N–H and O–H groups in total. The van der Waals surface area contributed by atoms with Crippen molar-refractivity contribution in [2.24, 2.45) is 0 Å². The van der Waals surface area contributed by atoms with Crippen LogP contribution in [0.3, 0.4) is 0 Å². The molecule has 2 aromatic carbocycles. The number of anilines is 2. The summed E-state index contributed by atoms with van der Waals surface area (Å²) < 4.78 is 25.3. The number of rotatable bonds is 10. The molecule has 3 aromatic rings. The summed E-state index contributed by atoms with van der Waals surface area (Å²) in [5.41, 5.74) is 1.47. The van der Waals surface area contributed by atoms with Crippen molar-refractivity contribution in [2.75, 3.05) is 18.6 Å². The van der Waals surface area contributed by atoms with Gasteiger partial charge >= 0.3 is 0 Å². The van der Waals surface area contributed by atoms with Crippen LogP contribution in [0.4, 0.5) is 15.2 Å². The van der Waals surface area contributed by atoms with Gasteiger partial charge in [-0.3, -0.25) is 14.5 Å².